The number of fused-ring (bicyclic) bond motifs is 1. The van der Waals surface area contributed by atoms with E-state index in [0.717, 1.165) is 32.0 Å². The Bertz CT molecular complexity index is 679. The minimum Gasteiger partial charge on any atom is -0.398 e. The van der Waals surface area contributed by atoms with Gasteiger partial charge in [-0.05, 0) is 42.3 Å². The number of hydrogen-bond acceptors (Lipinski definition) is 3. The molecular formula is C14H12BrN3. The lowest BCUT2D eigenvalue weighted by molar-refractivity contribution is 0.771. The number of nitrogens with two attached hydrogens (primary N) is 1. The highest BCUT2D eigenvalue weighted by molar-refractivity contribution is 9.10. The summed E-state index contributed by atoms with van der Waals surface area (Å²) in [5.41, 5.74) is 8.79. The molecule has 0 saturated heterocycles. The van der Waals surface area contributed by atoms with Crippen molar-refractivity contribution < 1.29 is 0 Å². The molecule has 3 nitrogen and oxygen atoms in total. The first-order chi connectivity index (χ1) is 8.63. The van der Waals surface area contributed by atoms with Gasteiger partial charge in [0.1, 0.15) is 0 Å². The van der Waals surface area contributed by atoms with Gasteiger partial charge in [-0.15, -0.1) is 0 Å². The molecule has 2 aromatic carbocycles. The van der Waals surface area contributed by atoms with Crippen molar-refractivity contribution in [3.63, 3.8) is 0 Å². The minimum absolute atomic E-state index is 0.144. The molecular weight excluding hydrogens is 290 g/mol. The summed E-state index contributed by atoms with van der Waals surface area (Å²) in [6.45, 7) is 1.98. The quantitative estimate of drug-likeness (QED) is 0.807. The molecule has 1 atom stereocenters. The summed E-state index contributed by atoms with van der Waals surface area (Å²) in [6.07, 6.45) is -0.144. The van der Waals surface area contributed by atoms with Crippen LogP contribution in [0.1, 0.15) is 17.3 Å². The average Bonchev–Trinajstić information content (AvgIpc) is 2.73. The smallest absolute Gasteiger partial charge is 0.166 e. The van der Waals surface area contributed by atoms with Gasteiger partial charge in [0.15, 0.2) is 6.17 Å². The Morgan fingerprint density at radius 3 is 2.33 bits per heavy atom. The highest BCUT2D eigenvalue weighted by atomic mass is 79.9. The van der Waals surface area contributed by atoms with Gasteiger partial charge >= 0.3 is 0 Å². The maximum Gasteiger partial charge on any atom is 0.166 e. The van der Waals surface area contributed by atoms with Gasteiger partial charge in [0.25, 0.3) is 0 Å². The molecule has 0 amide bonds. The van der Waals surface area contributed by atoms with Crippen LogP contribution in [0.25, 0.3) is 0 Å². The number of hydrogen-bond donors (Lipinski definition) is 1. The number of nitrogen functional groups attached to an aromatic ring is 1. The van der Waals surface area contributed by atoms with Crippen LogP contribution < -0.4 is 16.4 Å². The first kappa shape index (κ1) is 11.4. The molecule has 4 heteroatoms. The molecule has 0 unspecified atom stereocenters. The van der Waals surface area contributed by atoms with Crippen LogP contribution in [0.15, 0.2) is 50.9 Å². The lowest BCUT2D eigenvalue weighted by Crippen LogP contribution is -2.22. The zero-order chi connectivity index (χ0) is 12.7. The molecule has 3 rings (SSSR count). The third-order valence-corrected chi connectivity index (χ3v) is 3.58. The maximum atomic E-state index is 5.89. The van der Waals surface area contributed by atoms with E-state index in [2.05, 4.69) is 25.9 Å². The fraction of sp³-hybridized carbons (Fsp3) is 0.143. The van der Waals surface area contributed by atoms with Crippen LogP contribution in [-0.4, -0.2) is 0 Å². The summed E-state index contributed by atoms with van der Waals surface area (Å²) >= 11 is 3.42. The van der Waals surface area contributed by atoms with E-state index >= 15 is 0 Å². The first-order valence-corrected chi connectivity index (χ1v) is 6.50. The van der Waals surface area contributed by atoms with Crippen molar-refractivity contribution in [1.29, 1.82) is 0 Å². The largest absolute Gasteiger partial charge is 0.398 e. The predicted molar refractivity (Wildman–Crippen MR) is 74.8 cm³/mol. The van der Waals surface area contributed by atoms with E-state index in [4.69, 9.17) is 5.73 Å². The second-order valence-electron chi connectivity index (χ2n) is 4.38. The zero-order valence-electron chi connectivity index (χ0n) is 9.89. The van der Waals surface area contributed by atoms with Gasteiger partial charge in [-0.2, -0.15) is 0 Å². The van der Waals surface area contributed by atoms with E-state index in [9.17, 15) is 0 Å². The number of benzene rings is 2. The molecule has 18 heavy (non-hydrogen) atoms. The van der Waals surface area contributed by atoms with Gasteiger partial charge in [-0.1, -0.05) is 28.1 Å². The van der Waals surface area contributed by atoms with Crippen LogP contribution in [-0.2, 0) is 0 Å². The number of aryl methyl sites for hydroxylation is 1. The maximum absolute atomic E-state index is 5.89. The number of nitrogens with zero attached hydrogens (tertiary/aromatic N) is 2. The van der Waals surface area contributed by atoms with Gasteiger partial charge in [0.2, 0.25) is 0 Å². The van der Waals surface area contributed by atoms with Crippen molar-refractivity contribution >= 4 is 21.6 Å². The third kappa shape index (κ3) is 1.93. The SMILES string of the molecule is Cc1cc2c(cc1N)=N[C@@H](c1ccc(Br)cc1)N=2. The highest BCUT2D eigenvalue weighted by Crippen LogP contribution is 2.21. The molecule has 1 heterocycles. The summed E-state index contributed by atoms with van der Waals surface area (Å²) in [6, 6.07) is 12.0. The van der Waals surface area contributed by atoms with E-state index in [1.807, 2.05) is 43.3 Å². The molecule has 0 spiro atoms. The van der Waals surface area contributed by atoms with Crippen LogP contribution >= 0.6 is 15.9 Å². The summed E-state index contributed by atoms with van der Waals surface area (Å²) in [5, 5.41) is 1.81. The Morgan fingerprint density at radius 2 is 1.67 bits per heavy atom. The van der Waals surface area contributed by atoms with Gasteiger partial charge < -0.3 is 5.73 Å². The van der Waals surface area contributed by atoms with E-state index in [1.165, 1.54) is 0 Å². The van der Waals surface area contributed by atoms with E-state index in [-0.39, 0.29) is 6.17 Å². The molecule has 0 radical (unpaired) electrons. The molecule has 0 aromatic heterocycles. The number of anilines is 1. The molecule has 90 valence electrons. The average molecular weight is 302 g/mol. The summed E-state index contributed by atoms with van der Waals surface area (Å²) < 4.78 is 1.06. The van der Waals surface area contributed by atoms with E-state index < -0.39 is 0 Å². The summed E-state index contributed by atoms with van der Waals surface area (Å²) in [7, 11) is 0. The first-order valence-electron chi connectivity index (χ1n) is 5.71. The van der Waals surface area contributed by atoms with Crippen molar-refractivity contribution in [2.24, 2.45) is 9.98 Å². The van der Waals surface area contributed by atoms with Gasteiger partial charge in [0.05, 0.1) is 10.7 Å². The van der Waals surface area contributed by atoms with Crippen molar-refractivity contribution in [3.05, 3.63) is 62.7 Å². The monoisotopic (exact) mass is 301 g/mol. The lowest BCUT2D eigenvalue weighted by atomic mass is 10.2. The number of halogens is 1. The van der Waals surface area contributed by atoms with Crippen molar-refractivity contribution in [2.75, 3.05) is 5.73 Å². The molecule has 2 aromatic rings. The van der Waals surface area contributed by atoms with E-state index in [1.54, 1.807) is 0 Å². The van der Waals surface area contributed by atoms with Crippen LogP contribution in [0.4, 0.5) is 5.69 Å². The Morgan fingerprint density at radius 1 is 1.06 bits per heavy atom. The fourth-order valence-electron chi connectivity index (χ4n) is 1.98. The molecule has 2 N–H and O–H groups in total. The number of rotatable bonds is 1. The summed E-state index contributed by atoms with van der Waals surface area (Å²) in [4.78, 5) is 9.21. The predicted octanol–water partition coefficient (Wildman–Crippen LogP) is 2.29. The molecule has 0 saturated carbocycles. The van der Waals surface area contributed by atoms with Crippen LogP contribution in [0, 0.1) is 6.92 Å². The fourth-order valence-corrected chi connectivity index (χ4v) is 2.24. The van der Waals surface area contributed by atoms with Crippen LogP contribution in [0.2, 0.25) is 0 Å². The lowest BCUT2D eigenvalue weighted by Gasteiger charge is -2.03. The second-order valence-corrected chi connectivity index (χ2v) is 5.30. The Hall–Kier alpha value is -1.68. The van der Waals surface area contributed by atoms with Gasteiger partial charge in [-0.3, -0.25) is 9.98 Å². The van der Waals surface area contributed by atoms with Crippen molar-refractivity contribution in [1.82, 2.24) is 0 Å². The topological polar surface area (TPSA) is 50.7 Å². The van der Waals surface area contributed by atoms with Crippen LogP contribution in [0.3, 0.4) is 0 Å². The Labute approximate surface area is 113 Å². The van der Waals surface area contributed by atoms with Gasteiger partial charge in [0, 0.05) is 10.2 Å². The highest BCUT2D eigenvalue weighted by Gasteiger charge is 2.13. The van der Waals surface area contributed by atoms with E-state index in [0.29, 0.717) is 0 Å². The summed E-state index contributed by atoms with van der Waals surface area (Å²) in [5.74, 6) is 0. The van der Waals surface area contributed by atoms with Crippen molar-refractivity contribution in [3.8, 4) is 0 Å². The zero-order valence-corrected chi connectivity index (χ0v) is 11.5. The molecule has 1 aliphatic rings. The van der Waals surface area contributed by atoms with Crippen molar-refractivity contribution in [2.45, 2.75) is 13.1 Å². The van der Waals surface area contributed by atoms with Gasteiger partial charge in [-0.25, -0.2) is 0 Å². The minimum atomic E-state index is -0.144. The molecule has 0 aliphatic carbocycles. The third-order valence-electron chi connectivity index (χ3n) is 3.05. The van der Waals surface area contributed by atoms with Crippen LogP contribution in [0.5, 0.6) is 0 Å². The second kappa shape index (κ2) is 4.21. The Balaban J connectivity index is 2.09. The standard InChI is InChI=1S/C14H12BrN3/c1-8-6-12-13(7-11(8)16)18-14(17-12)9-2-4-10(15)5-3-9/h2-7,14H,16H2,1H3/t14-/m0/s1. The molecule has 0 fully saturated rings. The normalized spacial score (nSPS) is 16.9. The Kier molecular flexibility index (Phi) is 2.67. The molecule has 0 bridgehead atoms. The molecule has 1 aliphatic heterocycles.